The van der Waals surface area contributed by atoms with Gasteiger partial charge in [0.25, 0.3) is 0 Å². The second-order valence-electron chi connectivity index (χ2n) is 7.36. The van der Waals surface area contributed by atoms with Crippen molar-refractivity contribution in [3.63, 3.8) is 0 Å². The first-order valence-electron chi connectivity index (χ1n) is 9.84. The van der Waals surface area contributed by atoms with Gasteiger partial charge in [0.1, 0.15) is 23.8 Å². The summed E-state index contributed by atoms with van der Waals surface area (Å²) in [5, 5.41) is 6.94. The summed E-state index contributed by atoms with van der Waals surface area (Å²) in [6, 6.07) is 12.4. The minimum absolute atomic E-state index is 0.246. The van der Waals surface area contributed by atoms with Gasteiger partial charge in [0.2, 0.25) is 5.91 Å². The van der Waals surface area contributed by atoms with E-state index in [1.807, 2.05) is 42.1 Å². The highest BCUT2D eigenvalue weighted by molar-refractivity contribution is 5.89. The highest BCUT2D eigenvalue weighted by atomic mass is 19.1. The summed E-state index contributed by atoms with van der Waals surface area (Å²) in [5.41, 5.74) is 4.89. The SMILES string of the molecule is CC(=O)Nc1cc(-c2ccc(F)cn2)cc(-n2cnc3cc(-c4cnn(C)c4)ccc32)n1. The number of halogens is 1. The standard InChI is InChI=1S/C23H18FN7O/c1-14(32)28-22-8-16(19-5-4-18(24)11-25-19)9-23(29-22)31-13-26-20-7-15(3-6-21(20)31)17-10-27-30(2)12-17/h3-13H,1-2H3,(H,28,29,32). The van der Waals surface area contributed by atoms with Crippen LogP contribution in [0.15, 0.2) is 67.4 Å². The van der Waals surface area contributed by atoms with E-state index in [0.29, 0.717) is 22.9 Å². The zero-order valence-corrected chi connectivity index (χ0v) is 17.3. The smallest absolute Gasteiger partial charge is 0.222 e. The molecule has 0 saturated carbocycles. The number of aryl methyl sites for hydroxylation is 1. The molecule has 0 fully saturated rings. The predicted octanol–water partition coefficient (Wildman–Crippen LogP) is 3.98. The summed E-state index contributed by atoms with van der Waals surface area (Å²) in [4.78, 5) is 24.9. The lowest BCUT2D eigenvalue weighted by Crippen LogP contribution is -2.09. The molecule has 0 unspecified atom stereocenters. The highest BCUT2D eigenvalue weighted by Crippen LogP contribution is 2.28. The van der Waals surface area contributed by atoms with Crippen LogP contribution < -0.4 is 5.32 Å². The molecule has 5 aromatic rings. The van der Waals surface area contributed by atoms with Gasteiger partial charge < -0.3 is 5.32 Å². The zero-order valence-electron chi connectivity index (χ0n) is 17.3. The number of fused-ring (bicyclic) bond motifs is 1. The number of pyridine rings is 2. The van der Waals surface area contributed by atoms with Crippen molar-refractivity contribution in [2.75, 3.05) is 5.32 Å². The molecule has 9 heteroatoms. The number of anilines is 1. The summed E-state index contributed by atoms with van der Waals surface area (Å²) < 4.78 is 16.9. The maximum atomic E-state index is 13.3. The molecule has 4 aromatic heterocycles. The van der Waals surface area contributed by atoms with Gasteiger partial charge in [0.05, 0.1) is 29.1 Å². The van der Waals surface area contributed by atoms with E-state index in [-0.39, 0.29) is 5.91 Å². The molecule has 0 aliphatic rings. The van der Waals surface area contributed by atoms with Gasteiger partial charge in [-0.15, -0.1) is 0 Å². The lowest BCUT2D eigenvalue weighted by atomic mass is 10.1. The Morgan fingerprint density at radius 3 is 2.59 bits per heavy atom. The fraction of sp³-hybridized carbons (Fsp3) is 0.0870. The Balaban J connectivity index is 1.62. The third-order valence-electron chi connectivity index (χ3n) is 4.97. The summed E-state index contributed by atoms with van der Waals surface area (Å²) in [6.45, 7) is 1.41. The van der Waals surface area contributed by atoms with Crippen LogP contribution in [0.25, 0.3) is 39.2 Å². The molecule has 0 atom stereocenters. The molecule has 0 saturated heterocycles. The van der Waals surface area contributed by atoms with Gasteiger partial charge in [0.15, 0.2) is 0 Å². The predicted molar refractivity (Wildman–Crippen MR) is 119 cm³/mol. The zero-order chi connectivity index (χ0) is 22.2. The molecule has 1 amide bonds. The quantitative estimate of drug-likeness (QED) is 0.469. The van der Waals surface area contributed by atoms with E-state index in [9.17, 15) is 9.18 Å². The number of nitrogens with one attached hydrogen (secondary N) is 1. The third-order valence-corrected chi connectivity index (χ3v) is 4.97. The van der Waals surface area contributed by atoms with Crippen molar-refractivity contribution < 1.29 is 9.18 Å². The van der Waals surface area contributed by atoms with Crippen molar-refractivity contribution in [3.05, 3.63) is 73.2 Å². The summed E-state index contributed by atoms with van der Waals surface area (Å²) in [5.74, 6) is 0.248. The van der Waals surface area contributed by atoms with E-state index < -0.39 is 5.82 Å². The Morgan fingerprint density at radius 2 is 1.88 bits per heavy atom. The first kappa shape index (κ1) is 19.6. The van der Waals surface area contributed by atoms with Crippen LogP contribution in [0, 0.1) is 5.82 Å². The van der Waals surface area contributed by atoms with Crippen molar-refractivity contribution in [1.29, 1.82) is 0 Å². The molecule has 0 aliphatic carbocycles. The van der Waals surface area contributed by atoms with Gasteiger partial charge in [-0.05, 0) is 42.0 Å². The normalized spacial score (nSPS) is 11.1. The second kappa shape index (κ2) is 7.69. The van der Waals surface area contributed by atoms with Gasteiger partial charge in [-0.2, -0.15) is 5.10 Å². The number of carbonyl (C=O) groups is 1. The molecule has 4 heterocycles. The number of amides is 1. The Bertz CT molecular complexity index is 1450. The first-order valence-corrected chi connectivity index (χ1v) is 9.84. The molecule has 0 bridgehead atoms. The minimum Gasteiger partial charge on any atom is -0.311 e. The summed E-state index contributed by atoms with van der Waals surface area (Å²) in [7, 11) is 1.87. The molecule has 1 N–H and O–H groups in total. The van der Waals surface area contributed by atoms with Crippen LogP contribution in [0.5, 0.6) is 0 Å². The molecular formula is C23H18FN7O. The summed E-state index contributed by atoms with van der Waals surface area (Å²) in [6.07, 6.45) is 6.58. The van der Waals surface area contributed by atoms with Crippen molar-refractivity contribution in [2.45, 2.75) is 6.92 Å². The van der Waals surface area contributed by atoms with E-state index in [0.717, 1.165) is 28.4 Å². The van der Waals surface area contributed by atoms with Gasteiger partial charge in [0, 0.05) is 31.3 Å². The van der Waals surface area contributed by atoms with Crippen molar-refractivity contribution in [1.82, 2.24) is 29.3 Å². The van der Waals surface area contributed by atoms with Crippen molar-refractivity contribution in [3.8, 4) is 28.2 Å². The monoisotopic (exact) mass is 427 g/mol. The maximum absolute atomic E-state index is 13.3. The number of carbonyl (C=O) groups excluding carboxylic acids is 1. The molecule has 1 aromatic carbocycles. The lowest BCUT2D eigenvalue weighted by molar-refractivity contribution is -0.114. The number of aromatic nitrogens is 6. The Hall–Kier alpha value is -4.40. The van der Waals surface area contributed by atoms with Crippen LogP contribution in [-0.4, -0.2) is 35.2 Å². The van der Waals surface area contributed by atoms with Crippen LogP contribution in [-0.2, 0) is 11.8 Å². The van der Waals surface area contributed by atoms with Crippen LogP contribution in [0.3, 0.4) is 0 Å². The molecule has 0 aliphatic heterocycles. The molecule has 8 nitrogen and oxygen atoms in total. The highest BCUT2D eigenvalue weighted by Gasteiger charge is 2.13. The Kier molecular flexibility index (Phi) is 4.70. The van der Waals surface area contributed by atoms with E-state index in [4.69, 9.17) is 0 Å². The van der Waals surface area contributed by atoms with Crippen LogP contribution in [0.2, 0.25) is 0 Å². The number of rotatable bonds is 4. The minimum atomic E-state index is -0.421. The number of hydrogen-bond acceptors (Lipinski definition) is 5. The fourth-order valence-corrected chi connectivity index (χ4v) is 3.52. The van der Waals surface area contributed by atoms with Gasteiger partial charge in [-0.1, -0.05) is 6.07 Å². The van der Waals surface area contributed by atoms with Gasteiger partial charge in [-0.3, -0.25) is 19.0 Å². The average Bonchev–Trinajstić information content (AvgIpc) is 3.39. The maximum Gasteiger partial charge on any atom is 0.222 e. The molecule has 0 spiro atoms. The number of hydrogen-bond donors (Lipinski definition) is 1. The summed E-state index contributed by atoms with van der Waals surface area (Å²) >= 11 is 0. The molecule has 0 radical (unpaired) electrons. The topological polar surface area (TPSA) is 90.5 Å². The van der Waals surface area contributed by atoms with Gasteiger partial charge in [-0.25, -0.2) is 14.4 Å². The molecule has 158 valence electrons. The fourth-order valence-electron chi connectivity index (χ4n) is 3.52. The Morgan fingerprint density at radius 1 is 1.00 bits per heavy atom. The first-order chi connectivity index (χ1) is 15.5. The van der Waals surface area contributed by atoms with E-state index in [2.05, 4.69) is 25.4 Å². The van der Waals surface area contributed by atoms with E-state index in [1.54, 1.807) is 29.3 Å². The van der Waals surface area contributed by atoms with E-state index >= 15 is 0 Å². The molecular weight excluding hydrogens is 409 g/mol. The average molecular weight is 427 g/mol. The third kappa shape index (κ3) is 3.71. The van der Waals surface area contributed by atoms with Crippen LogP contribution in [0.1, 0.15) is 6.92 Å². The van der Waals surface area contributed by atoms with E-state index in [1.165, 1.54) is 13.0 Å². The number of benzene rings is 1. The number of nitrogens with zero attached hydrogens (tertiary/aromatic N) is 6. The second-order valence-corrected chi connectivity index (χ2v) is 7.36. The molecule has 32 heavy (non-hydrogen) atoms. The van der Waals surface area contributed by atoms with Crippen molar-refractivity contribution >= 4 is 22.8 Å². The van der Waals surface area contributed by atoms with Crippen LogP contribution in [0.4, 0.5) is 10.2 Å². The lowest BCUT2D eigenvalue weighted by Gasteiger charge is -2.10. The Labute approximate surface area is 182 Å². The van der Waals surface area contributed by atoms with Gasteiger partial charge >= 0.3 is 0 Å². The largest absolute Gasteiger partial charge is 0.311 e. The van der Waals surface area contributed by atoms with Crippen LogP contribution >= 0.6 is 0 Å². The number of imidazole rings is 1. The van der Waals surface area contributed by atoms with Crippen molar-refractivity contribution in [2.24, 2.45) is 7.05 Å². The molecule has 5 rings (SSSR count).